The smallest absolute Gasteiger partial charge is 0.306 e. The number of nitrogens with zero attached hydrogens (tertiary/aromatic N) is 1. The molecule has 20 heavy (non-hydrogen) atoms. The first-order chi connectivity index (χ1) is 9.69. The first kappa shape index (κ1) is 14.1. The van der Waals surface area contributed by atoms with E-state index >= 15 is 0 Å². The molecule has 0 saturated carbocycles. The number of hydrogen-bond donors (Lipinski definition) is 1. The second-order valence-electron chi connectivity index (χ2n) is 4.50. The Labute approximate surface area is 118 Å². The third-order valence-electron chi connectivity index (χ3n) is 2.92. The van der Waals surface area contributed by atoms with Crippen LogP contribution in [0.1, 0.15) is 11.1 Å². The first-order valence-electron chi connectivity index (χ1n) is 6.42. The highest BCUT2D eigenvalue weighted by molar-refractivity contribution is 5.88. The molecular weight excluding hydrogens is 252 g/mol. The lowest BCUT2D eigenvalue weighted by atomic mass is 10.1. The van der Waals surface area contributed by atoms with Gasteiger partial charge in [0.15, 0.2) is 0 Å². The van der Waals surface area contributed by atoms with Gasteiger partial charge < -0.3 is 5.32 Å². The van der Waals surface area contributed by atoms with Crippen LogP contribution < -0.4 is 5.32 Å². The minimum Gasteiger partial charge on any atom is -0.306 e. The normalized spacial score (nSPS) is 10.1. The van der Waals surface area contributed by atoms with Gasteiger partial charge in [-0.1, -0.05) is 48.0 Å². The molecule has 0 atom stereocenters. The highest BCUT2D eigenvalue weighted by Crippen LogP contribution is 2.10. The van der Waals surface area contributed by atoms with Gasteiger partial charge in [-0.15, -0.1) is 0 Å². The van der Waals surface area contributed by atoms with Gasteiger partial charge >= 0.3 is 6.03 Å². The summed E-state index contributed by atoms with van der Waals surface area (Å²) in [5, 5.41) is 4.08. The van der Waals surface area contributed by atoms with Crippen LogP contribution in [0.25, 0.3) is 0 Å². The summed E-state index contributed by atoms with van der Waals surface area (Å²) in [4.78, 5) is 17.2. The van der Waals surface area contributed by atoms with Crippen molar-refractivity contribution < 1.29 is 9.63 Å². The average Bonchev–Trinajstić information content (AvgIpc) is 2.47. The van der Waals surface area contributed by atoms with Crippen LogP contribution in [0.4, 0.5) is 10.5 Å². The molecule has 0 unspecified atom stereocenters. The second-order valence-corrected chi connectivity index (χ2v) is 4.50. The molecule has 0 spiro atoms. The molecule has 2 aromatic rings. The molecular formula is C16H18N2O2. The number of anilines is 1. The van der Waals surface area contributed by atoms with E-state index in [0.717, 1.165) is 11.3 Å². The third kappa shape index (κ3) is 3.83. The van der Waals surface area contributed by atoms with Crippen molar-refractivity contribution in [3.05, 3.63) is 65.7 Å². The number of amides is 2. The van der Waals surface area contributed by atoms with Gasteiger partial charge in [0.05, 0.1) is 13.7 Å². The molecule has 0 radical (unpaired) electrons. The molecule has 0 heterocycles. The molecule has 2 aromatic carbocycles. The molecule has 1 N–H and O–H groups in total. The Hall–Kier alpha value is -2.33. The number of para-hydroxylation sites is 1. The monoisotopic (exact) mass is 270 g/mol. The van der Waals surface area contributed by atoms with E-state index in [9.17, 15) is 4.79 Å². The van der Waals surface area contributed by atoms with Crippen LogP contribution in [-0.2, 0) is 11.4 Å². The Morgan fingerprint density at radius 1 is 1.10 bits per heavy atom. The van der Waals surface area contributed by atoms with Crippen LogP contribution >= 0.6 is 0 Å². The minimum absolute atomic E-state index is 0.292. The fourth-order valence-corrected chi connectivity index (χ4v) is 1.79. The number of hydrogen-bond acceptors (Lipinski definition) is 2. The SMILES string of the molecule is CON(Cc1ccc(C)cc1)C(=O)Nc1ccccc1. The number of rotatable bonds is 4. The van der Waals surface area contributed by atoms with Crippen LogP contribution in [0.15, 0.2) is 54.6 Å². The van der Waals surface area contributed by atoms with E-state index in [2.05, 4.69) is 5.32 Å². The minimum atomic E-state index is -0.292. The second kappa shape index (κ2) is 6.73. The fraction of sp³-hybridized carbons (Fsp3) is 0.188. The molecule has 104 valence electrons. The Kier molecular flexibility index (Phi) is 4.74. The van der Waals surface area contributed by atoms with E-state index in [1.165, 1.54) is 17.7 Å². The van der Waals surface area contributed by atoms with Crippen LogP contribution in [0, 0.1) is 6.92 Å². The molecule has 0 bridgehead atoms. The largest absolute Gasteiger partial charge is 0.346 e. The van der Waals surface area contributed by atoms with E-state index in [1.54, 1.807) is 0 Å². The molecule has 4 nitrogen and oxygen atoms in total. The Morgan fingerprint density at radius 2 is 1.75 bits per heavy atom. The lowest BCUT2D eigenvalue weighted by Gasteiger charge is -2.20. The quantitative estimate of drug-likeness (QED) is 0.863. The summed E-state index contributed by atoms with van der Waals surface area (Å²) in [6, 6.07) is 17.0. The van der Waals surface area contributed by atoms with E-state index in [1.807, 2.05) is 61.5 Å². The lowest BCUT2D eigenvalue weighted by Crippen LogP contribution is -2.33. The summed E-state index contributed by atoms with van der Waals surface area (Å²) in [5.74, 6) is 0. The van der Waals surface area contributed by atoms with Crippen molar-refractivity contribution in [2.45, 2.75) is 13.5 Å². The summed E-state index contributed by atoms with van der Waals surface area (Å²) in [6.07, 6.45) is 0. The Morgan fingerprint density at radius 3 is 2.35 bits per heavy atom. The van der Waals surface area contributed by atoms with Crippen molar-refractivity contribution in [3.8, 4) is 0 Å². The van der Waals surface area contributed by atoms with Crippen LogP contribution in [0.2, 0.25) is 0 Å². The van der Waals surface area contributed by atoms with E-state index in [0.29, 0.717) is 6.54 Å². The number of hydroxylamine groups is 2. The van der Waals surface area contributed by atoms with Gasteiger partial charge in [-0.3, -0.25) is 4.84 Å². The van der Waals surface area contributed by atoms with Gasteiger partial charge in [0.2, 0.25) is 0 Å². The summed E-state index contributed by atoms with van der Waals surface area (Å²) in [6.45, 7) is 2.43. The molecule has 0 aliphatic carbocycles. The van der Waals surface area contributed by atoms with Crippen molar-refractivity contribution in [2.75, 3.05) is 12.4 Å². The fourth-order valence-electron chi connectivity index (χ4n) is 1.79. The molecule has 2 amide bonds. The van der Waals surface area contributed by atoms with Crippen molar-refractivity contribution in [1.29, 1.82) is 0 Å². The summed E-state index contributed by atoms with van der Waals surface area (Å²) in [7, 11) is 1.48. The highest BCUT2D eigenvalue weighted by atomic mass is 16.7. The zero-order valence-electron chi connectivity index (χ0n) is 11.7. The third-order valence-corrected chi connectivity index (χ3v) is 2.92. The molecule has 2 rings (SSSR count). The zero-order valence-corrected chi connectivity index (χ0v) is 11.7. The number of urea groups is 1. The van der Waals surface area contributed by atoms with Gasteiger partial charge in [0, 0.05) is 5.69 Å². The number of carbonyl (C=O) groups is 1. The predicted octanol–water partition coefficient (Wildman–Crippen LogP) is 3.59. The van der Waals surface area contributed by atoms with E-state index in [-0.39, 0.29) is 6.03 Å². The van der Waals surface area contributed by atoms with E-state index in [4.69, 9.17) is 4.84 Å². The van der Waals surface area contributed by atoms with Crippen LogP contribution in [0.5, 0.6) is 0 Å². The molecule has 0 aliphatic rings. The average molecular weight is 270 g/mol. The van der Waals surface area contributed by atoms with Gasteiger partial charge in [0.1, 0.15) is 0 Å². The predicted molar refractivity (Wildman–Crippen MR) is 79.2 cm³/mol. The maximum absolute atomic E-state index is 12.1. The van der Waals surface area contributed by atoms with Crippen LogP contribution in [-0.4, -0.2) is 18.2 Å². The van der Waals surface area contributed by atoms with Crippen LogP contribution in [0.3, 0.4) is 0 Å². The van der Waals surface area contributed by atoms with Crippen molar-refractivity contribution in [3.63, 3.8) is 0 Å². The lowest BCUT2D eigenvalue weighted by molar-refractivity contribution is -0.0886. The first-order valence-corrected chi connectivity index (χ1v) is 6.42. The Bertz CT molecular complexity index is 552. The van der Waals surface area contributed by atoms with Crippen molar-refractivity contribution >= 4 is 11.7 Å². The van der Waals surface area contributed by atoms with Crippen molar-refractivity contribution in [1.82, 2.24) is 5.06 Å². The summed E-state index contributed by atoms with van der Waals surface area (Å²) >= 11 is 0. The maximum atomic E-state index is 12.1. The van der Waals surface area contributed by atoms with Crippen molar-refractivity contribution in [2.24, 2.45) is 0 Å². The summed E-state index contributed by atoms with van der Waals surface area (Å²) < 4.78 is 0. The molecule has 0 saturated heterocycles. The Balaban J connectivity index is 2.00. The molecule has 4 heteroatoms. The van der Waals surface area contributed by atoms with Gasteiger partial charge in [-0.25, -0.2) is 4.79 Å². The topological polar surface area (TPSA) is 41.6 Å². The number of benzene rings is 2. The maximum Gasteiger partial charge on any atom is 0.346 e. The summed E-state index contributed by atoms with van der Waals surface area (Å²) in [5.41, 5.74) is 2.94. The number of carbonyl (C=O) groups excluding carboxylic acids is 1. The zero-order chi connectivity index (χ0) is 14.4. The molecule has 0 aliphatic heterocycles. The van der Waals surface area contributed by atoms with Gasteiger partial charge in [0.25, 0.3) is 0 Å². The molecule has 0 fully saturated rings. The number of aryl methyl sites for hydroxylation is 1. The standard InChI is InChI=1S/C16H18N2O2/c1-13-8-10-14(11-9-13)12-18(20-2)16(19)17-15-6-4-3-5-7-15/h3-11H,12H2,1-2H3,(H,17,19). The highest BCUT2D eigenvalue weighted by Gasteiger charge is 2.13. The van der Waals surface area contributed by atoms with Gasteiger partial charge in [-0.2, -0.15) is 5.06 Å². The number of nitrogens with one attached hydrogen (secondary N) is 1. The molecule has 0 aromatic heterocycles. The van der Waals surface area contributed by atoms with Gasteiger partial charge in [-0.05, 0) is 24.6 Å². The van der Waals surface area contributed by atoms with E-state index < -0.39 is 0 Å².